The van der Waals surface area contributed by atoms with Crippen molar-refractivity contribution in [1.29, 1.82) is 0 Å². The lowest BCUT2D eigenvalue weighted by Gasteiger charge is -2.08. The summed E-state index contributed by atoms with van der Waals surface area (Å²) in [4.78, 5) is 28.2. The molecule has 4 aromatic rings. The number of hydrogen-bond acceptors (Lipinski definition) is 3. The number of carbonyl (C=O) groups is 2. The Hall–Kier alpha value is -3.60. The number of anilines is 1. The maximum absolute atomic E-state index is 12.9. The van der Waals surface area contributed by atoms with Gasteiger partial charge in [-0.25, -0.2) is 4.79 Å². The third-order valence-electron chi connectivity index (χ3n) is 4.44. The van der Waals surface area contributed by atoms with Crippen molar-refractivity contribution in [3.05, 3.63) is 78.0 Å². The van der Waals surface area contributed by atoms with E-state index in [0.29, 0.717) is 11.3 Å². The van der Waals surface area contributed by atoms with Crippen molar-refractivity contribution in [3.8, 4) is 0 Å². The Kier molecular flexibility index (Phi) is 4.34. The number of benzene rings is 3. The minimum absolute atomic E-state index is 0.243. The van der Waals surface area contributed by atoms with Crippen LogP contribution in [-0.4, -0.2) is 23.5 Å². The van der Waals surface area contributed by atoms with Gasteiger partial charge in [-0.1, -0.05) is 48.5 Å². The SMILES string of the molecule is CCOC(=O)c1[nH]c2ccccc2c1NC(=O)c1ccc2ccccc2c1. The molecule has 0 aliphatic heterocycles. The van der Waals surface area contributed by atoms with Crippen LogP contribution in [0.3, 0.4) is 0 Å². The van der Waals surface area contributed by atoms with Crippen LogP contribution in [0, 0.1) is 0 Å². The average molecular weight is 358 g/mol. The molecule has 1 heterocycles. The molecule has 2 N–H and O–H groups in total. The second kappa shape index (κ2) is 6.96. The largest absolute Gasteiger partial charge is 0.461 e. The summed E-state index contributed by atoms with van der Waals surface area (Å²) < 4.78 is 5.12. The van der Waals surface area contributed by atoms with E-state index in [1.807, 2.05) is 60.7 Å². The van der Waals surface area contributed by atoms with Gasteiger partial charge >= 0.3 is 5.97 Å². The van der Waals surface area contributed by atoms with Gasteiger partial charge in [0.1, 0.15) is 5.69 Å². The molecule has 1 amide bonds. The molecule has 4 rings (SSSR count). The smallest absolute Gasteiger partial charge is 0.356 e. The number of fused-ring (bicyclic) bond motifs is 2. The fourth-order valence-electron chi connectivity index (χ4n) is 3.14. The summed E-state index contributed by atoms with van der Waals surface area (Å²) in [5.74, 6) is -0.779. The first-order valence-electron chi connectivity index (χ1n) is 8.75. The van der Waals surface area contributed by atoms with E-state index in [9.17, 15) is 9.59 Å². The lowest BCUT2D eigenvalue weighted by atomic mass is 10.1. The average Bonchev–Trinajstić information content (AvgIpc) is 3.06. The standard InChI is InChI=1S/C22H18N2O3/c1-2-27-22(26)20-19(17-9-5-6-10-18(17)23-20)24-21(25)16-12-11-14-7-3-4-8-15(14)13-16/h3-13,23H,2H2,1H3,(H,24,25). The Labute approximate surface area is 156 Å². The molecule has 0 spiro atoms. The molecule has 3 aromatic carbocycles. The van der Waals surface area contributed by atoms with Gasteiger partial charge in [-0.05, 0) is 35.9 Å². The van der Waals surface area contributed by atoms with Gasteiger partial charge in [-0.3, -0.25) is 4.79 Å². The minimum Gasteiger partial charge on any atom is -0.461 e. The summed E-state index contributed by atoms with van der Waals surface area (Å²) >= 11 is 0. The minimum atomic E-state index is -0.498. The van der Waals surface area contributed by atoms with Gasteiger partial charge < -0.3 is 15.0 Å². The van der Waals surface area contributed by atoms with Crippen molar-refractivity contribution in [1.82, 2.24) is 4.98 Å². The highest BCUT2D eigenvalue weighted by atomic mass is 16.5. The first kappa shape index (κ1) is 16.8. The number of H-pyrrole nitrogens is 1. The molecule has 0 saturated heterocycles. The lowest BCUT2D eigenvalue weighted by molar-refractivity contribution is 0.0522. The monoisotopic (exact) mass is 358 g/mol. The van der Waals surface area contributed by atoms with Gasteiger partial charge in [0.25, 0.3) is 5.91 Å². The number of ether oxygens (including phenoxy) is 1. The number of amides is 1. The molecule has 0 atom stereocenters. The van der Waals surface area contributed by atoms with Crippen molar-refractivity contribution >= 4 is 39.2 Å². The molecular formula is C22H18N2O3. The van der Waals surface area contributed by atoms with E-state index in [-0.39, 0.29) is 18.2 Å². The lowest BCUT2D eigenvalue weighted by Crippen LogP contribution is -2.15. The maximum atomic E-state index is 12.9. The van der Waals surface area contributed by atoms with Gasteiger partial charge in [0.15, 0.2) is 0 Å². The van der Waals surface area contributed by atoms with Gasteiger partial charge in [-0.15, -0.1) is 0 Å². The number of hydrogen-bond donors (Lipinski definition) is 2. The highest BCUT2D eigenvalue weighted by molar-refractivity contribution is 6.15. The summed E-state index contributed by atoms with van der Waals surface area (Å²) in [7, 11) is 0. The predicted octanol–water partition coefficient (Wildman–Crippen LogP) is 4.75. The Balaban J connectivity index is 1.74. The second-order valence-electron chi connectivity index (χ2n) is 6.16. The van der Waals surface area contributed by atoms with Crippen LogP contribution in [0.1, 0.15) is 27.8 Å². The number of rotatable bonds is 4. The number of para-hydroxylation sites is 1. The first-order chi connectivity index (χ1) is 13.2. The van der Waals surface area contributed by atoms with Crippen LogP contribution < -0.4 is 5.32 Å². The van der Waals surface area contributed by atoms with Crippen LogP contribution in [0.2, 0.25) is 0 Å². The molecule has 27 heavy (non-hydrogen) atoms. The molecule has 5 nitrogen and oxygen atoms in total. The molecule has 134 valence electrons. The van der Waals surface area contributed by atoms with E-state index in [1.54, 1.807) is 13.0 Å². The summed E-state index contributed by atoms with van der Waals surface area (Å²) in [5, 5.41) is 5.69. The van der Waals surface area contributed by atoms with Gasteiger partial charge in [0, 0.05) is 16.5 Å². The molecule has 0 bridgehead atoms. The molecule has 0 saturated carbocycles. The zero-order chi connectivity index (χ0) is 18.8. The van der Waals surface area contributed by atoms with Crippen LogP contribution in [0.25, 0.3) is 21.7 Å². The molecule has 1 aromatic heterocycles. The first-order valence-corrected chi connectivity index (χ1v) is 8.75. The molecule has 0 fully saturated rings. The molecule has 0 aliphatic carbocycles. The Morgan fingerprint density at radius 1 is 0.963 bits per heavy atom. The van der Waals surface area contributed by atoms with Crippen molar-refractivity contribution < 1.29 is 14.3 Å². The molecule has 5 heteroatoms. The van der Waals surface area contributed by atoms with Gasteiger partial charge in [-0.2, -0.15) is 0 Å². The van der Waals surface area contributed by atoms with E-state index in [0.717, 1.165) is 21.7 Å². The molecule has 0 unspecified atom stereocenters. The molecule has 0 radical (unpaired) electrons. The maximum Gasteiger partial charge on any atom is 0.356 e. The zero-order valence-electron chi connectivity index (χ0n) is 14.8. The van der Waals surface area contributed by atoms with E-state index in [2.05, 4.69) is 10.3 Å². The van der Waals surface area contributed by atoms with Gasteiger partial charge in [0.05, 0.1) is 12.3 Å². The third-order valence-corrected chi connectivity index (χ3v) is 4.44. The number of aromatic amines is 1. The van der Waals surface area contributed by atoms with E-state index < -0.39 is 5.97 Å². The van der Waals surface area contributed by atoms with E-state index in [4.69, 9.17) is 4.74 Å². The summed E-state index contributed by atoms with van der Waals surface area (Å²) in [6.45, 7) is 2.00. The fourth-order valence-corrected chi connectivity index (χ4v) is 3.14. The van der Waals surface area contributed by atoms with Crippen molar-refractivity contribution in [2.75, 3.05) is 11.9 Å². The van der Waals surface area contributed by atoms with E-state index in [1.165, 1.54) is 0 Å². The summed E-state index contributed by atoms with van der Waals surface area (Å²) in [6, 6.07) is 20.8. The van der Waals surface area contributed by atoms with Crippen LogP contribution >= 0.6 is 0 Å². The van der Waals surface area contributed by atoms with Crippen molar-refractivity contribution in [3.63, 3.8) is 0 Å². The Morgan fingerprint density at radius 2 is 1.70 bits per heavy atom. The predicted molar refractivity (Wildman–Crippen MR) is 106 cm³/mol. The number of nitrogens with one attached hydrogen (secondary N) is 2. The summed E-state index contributed by atoms with van der Waals surface area (Å²) in [6.07, 6.45) is 0. The number of carbonyl (C=O) groups excluding carboxylic acids is 2. The Morgan fingerprint density at radius 3 is 2.52 bits per heavy atom. The highest BCUT2D eigenvalue weighted by Crippen LogP contribution is 2.29. The zero-order valence-corrected chi connectivity index (χ0v) is 14.8. The number of esters is 1. The molecular weight excluding hydrogens is 340 g/mol. The number of aromatic nitrogens is 1. The molecule has 0 aliphatic rings. The van der Waals surface area contributed by atoms with Crippen LogP contribution in [0.4, 0.5) is 5.69 Å². The normalized spacial score (nSPS) is 10.9. The highest BCUT2D eigenvalue weighted by Gasteiger charge is 2.21. The second-order valence-corrected chi connectivity index (χ2v) is 6.16. The van der Waals surface area contributed by atoms with Crippen molar-refractivity contribution in [2.24, 2.45) is 0 Å². The third kappa shape index (κ3) is 3.15. The quantitative estimate of drug-likeness (QED) is 0.517. The van der Waals surface area contributed by atoms with E-state index >= 15 is 0 Å². The van der Waals surface area contributed by atoms with Gasteiger partial charge in [0.2, 0.25) is 0 Å². The Bertz CT molecular complexity index is 1160. The van der Waals surface area contributed by atoms with Crippen LogP contribution in [-0.2, 0) is 4.74 Å². The topological polar surface area (TPSA) is 71.2 Å². The fraction of sp³-hybridized carbons (Fsp3) is 0.0909. The van der Waals surface area contributed by atoms with Crippen molar-refractivity contribution in [2.45, 2.75) is 6.92 Å². The van der Waals surface area contributed by atoms with Crippen LogP contribution in [0.15, 0.2) is 66.7 Å². The van der Waals surface area contributed by atoms with Crippen LogP contribution in [0.5, 0.6) is 0 Å². The summed E-state index contributed by atoms with van der Waals surface area (Å²) in [5.41, 5.74) is 1.96.